The van der Waals surface area contributed by atoms with Gasteiger partial charge in [-0.3, -0.25) is 4.90 Å². The van der Waals surface area contributed by atoms with Crippen molar-refractivity contribution in [2.45, 2.75) is 19.4 Å². The zero-order chi connectivity index (χ0) is 13.0. The Morgan fingerprint density at radius 1 is 1.11 bits per heavy atom. The summed E-state index contributed by atoms with van der Waals surface area (Å²) in [6.45, 7) is 3.93. The molecule has 0 saturated heterocycles. The maximum atomic E-state index is 5.99. The van der Waals surface area contributed by atoms with E-state index in [1.54, 1.807) is 0 Å². The van der Waals surface area contributed by atoms with Gasteiger partial charge in [0, 0.05) is 12.6 Å². The van der Waals surface area contributed by atoms with E-state index in [1.165, 1.54) is 16.3 Å². The standard InChI is InChI=1S/C16H22N2/c1-3-11-18(2)16(12-17)15-10-6-8-13-7-4-5-9-14(13)15/h4-10,16H,3,11-12,17H2,1-2H3. The van der Waals surface area contributed by atoms with Gasteiger partial charge < -0.3 is 5.73 Å². The molecular formula is C16H22N2. The molecule has 0 amide bonds. The SMILES string of the molecule is CCCN(C)C(CN)c1cccc2ccccc12. The summed E-state index contributed by atoms with van der Waals surface area (Å²) >= 11 is 0. The molecular weight excluding hydrogens is 220 g/mol. The summed E-state index contributed by atoms with van der Waals surface area (Å²) in [5.41, 5.74) is 7.32. The molecule has 2 aromatic carbocycles. The van der Waals surface area contributed by atoms with Crippen LogP contribution in [0.4, 0.5) is 0 Å². The summed E-state index contributed by atoms with van der Waals surface area (Å²) in [7, 11) is 2.16. The Balaban J connectivity index is 2.44. The lowest BCUT2D eigenvalue weighted by atomic mass is 9.98. The van der Waals surface area contributed by atoms with Gasteiger partial charge >= 0.3 is 0 Å². The van der Waals surface area contributed by atoms with Crippen molar-refractivity contribution in [3.8, 4) is 0 Å². The third-order valence-corrected chi connectivity index (χ3v) is 3.51. The molecule has 1 unspecified atom stereocenters. The van der Waals surface area contributed by atoms with E-state index < -0.39 is 0 Å². The molecule has 2 N–H and O–H groups in total. The van der Waals surface area contributed by atoms with Crippen LogP contribution < -0.4 is 5.73 Å². The second kappa shape index (κ2) is 5.98. The minimum Gasteiger partial charge on any atom is -0.329 e. The van der Waals surface area contributed by atoms with Crippen LogP contribution in [0.25, 0.3) is 10.8 Å². The number of fused-ring (bicyclic) bond motifs is 1. The fourth-order valence-corrected chi connectivity index (χ4v) is 2.59. The van der Waals surface area contributed by atoms with Gasteiger partial charge in [0.25, 0.3) is 0 Å². The van der Waals surface area contributed by atoms with Gasteiger partial charge in [-0.05, 0) is 36.3 Å². The van der Waals surface area contributed by atoms with Gasteiger partial charge in [-0.25, -0.2) is 0 Å². The van der Waals surface area contributed by atoms with Gasteiger partial charge in [-0.15, -0.1) is 0 Å². The van der Waals surface area contributed by atoms with E-state index in [4.69, 9.17) is 5.73 Å². The third-order valence-electron chi connectivity index (χ3n) is 3.51. The number of nitrogens with two attached hydrogens (primary N) is 1. The summed E-state index contributed by atoms with van der Waals surface area (Å²) in [5, 5.41) is 2.61. The molecule has 0 bridgehead atoms. The molecule has 2 nitrogen and oxygen atoms in total. The van der Waals surface area contributed by atoms with E-state index in [0.717, 1.165) is 13.0 Å². The predicted octanol–water partition coefficient (Wildman–Crippen LogP) is 3.18. The minimum atomic E-state index is 0.302. The molecule has 2 heteroatoms. The maximum Gasteiger partial charge on any atom is 0.0473 e. The average molecular weight is 242 g/mol. The molecule has 0 spiro atoms. The summed E-state index contributed by atoms with van der Waals surface area (Å²) in [6.07, 6.45) is 1.15. The zero-order valence-corrected chi connectivity index (χ0v) is 11.3. The molecule has 0 aromatic heterocycles. The Hall–Kier alpha value is -1.38. The lowest BCUT2D eigenvalue weighted by molar-refractivity contribution is 0.252. The monoisotopic (exact) mass is 242 g/mol. The highest BCUT2D eigenvalue weighted by Crippen LogP contribution is 2.27. The van der Waals surface area contributed by atoms with Crippen molar-refractivity contribution in [2.24, 2.45) is 5.73 Å². The second-order valence-corrected chi connectivity index (χ2v) is 4.80. The third kappa shape index (κ3) is 2.55. The molecule has 2 aromatic rings. The van der Waals surface area contributed by atoms with Crippen LogP contribution in [0.5, 0.6) is 0 Å². The topological polar surface area (TPSA) is 29.3 Å². The van der Waals surface area contributed by atoms with E-state index in [9.17, 15) is 0 Å². The molecule has 0 aliphatic rings. The fraction of sp³-hybridized carbons (Fsp3) is 0.375. The van der Waals surface area contributed by atoms with E-state index >= 15 is 0 Å². The Labute approximate surface area is 109 Å². The molecule has 2 rings (SSSR count). The van der Waals surface area contributed by atoms with Crippen molar-refractivity contribution in [1.82, 2.24) is 4.90 Å². The number of hydrogen-bond donors (Lipinski definition) is 1. The first kappa shape index (κ1) is 13.1. The number of nitrogens with zero attached hydrogens (tertiary/aromatic N) is 1. The average Bonchev–Trinajstić information content (AvgIpc) is 2.40. The van der Waals surface area contributed by atoms with Crippen LogP contribution in [0.1, 0.15) is 24.9 Å². The number of rotatable bonds is 5. The molecule has 0 heterocycles. The molecule has 0 radical (unpaired) electrons. The van der Waals surface area contributed by atoms with Crippen molar-refractivity contribution in [3.63, 3.8) is 0 Å². The molecule has 0 fully saturated rings. The summed E-state index contributed by atoms with van der Waals surface area (Å²) in [5.74, 6) is 0. The fourth-order valence-electron chi connectivity index (χ4n) is 2.59. The first-order valence-corrected chi connectivity index (χ1v) is 6.66. The van der Waals surface area contributed by atoms with E-state index in [0.29, 0.717) is 12.6 Å². The van der Waals surface area contributed by atoms with Crippen LogP contribution in [0.15, 0.2) is 42.5 Å². The minimum absolute atomic E-state index is 0.302. The van der Waals surface area contributed by atoms with Crippen LogP contribution in [0, 0.1) is 0 Å². The molecule has 1 atom stereocenters. The van der Waals surface area contributed by atoms with Gasteiger partial charge in [0.2, 0.25) is 0 Å². The van der Waals surface area contributed by atoms with Gasteiger partial charge in [0.05, 0.1) is 0 Å². The van der Waals surface area contributed by atoms with Crippen molar-refractivity contribution in [3.05, 3.63) is 48.0 Å². The normalized spacial score (nSPS) is 13.1. The van der Waals surface area contributed by atoms with Crippen molar-refractivity contribution >= 4 is 10.8 Å². The second-order valence-electron chi connectivity index (χ2n) is 4.80. The number of likely N-dealkylation sites (N-methyl/N-ethyl adjacent to an activating group) is 1. The number of hydrogen-bond acceptors (Lipinski definition) is 2. The van der Waals surface area contributed by atoms with E-state index in [1.807, 2.05) is 0 Å². The zero-order valence-electron chi connectivity index (χ0n) is 11.3. The molecule has 18 heavy (non-hydrogen) atoms. The van der Waals surface area contributed by atoms with Crippen LogP contribution in [0.2, 0.25) is 0 Å². The van der Waals surface area contributed by atoms with Gasteiger partial charge in [0.1, 0.15) is 0 Å². The van der Waals surface area contributed by atoms with Crippen LogP contribution in [0.3, 0.4) is 0 Å². The highest BCUT2D eigenvalue weighted by molar-refractivity contribution is 5.86. The quantitative estimate of drug-likeness (QED) is 0.872. The summed E-state index contributed by atoms with van der Waals surface area (Å²) in [6, 6.07) is 15.3. The molecule has 0 aliphatic heterocycles. The van der Waals surface area contributed by atoms with Crippen LogP contribution in [-0.2, 0) is 0 Å². The van der Waals surface area contributed by atoms with Gasteiger partial charge in [-0.2, -0.15) is 0 Å². The Kier molecular flexibility index (Phi) is 4.34. The van der Waals surface area contributed by atoms with E-state index in [-0.39, 0.29) is 0 Å². The van der Waals surface area contributed by atoms with Crippen molar-refractivity contribution < 1.29 is 0 Å². The smallest absolute Gasteiger partial charge is 0.0473 e. The van der Waals surface area contributed by atoms with Crippen LogP contribution >= 0.6 is 0 Å². The summed E-state index contributed by atoms with van der Waals surface area (Å²) < 4.78 is 0. The number of benzene rings is 2. The lowest BCUT2D eigenvalue weighted by Gasteiger charge is -2.28. The van der Waals surface area contributed by atoms with Crippen molar-refractivity contribution in [2.75, 3.05) is 20.1 Å². The molecule has 0 saturated carbocycles. The first-order chi connectivity index (χ1) is 8.77. The van der Waals surface area contributed by atoms with Crippen molar-refractivity contribution in [1.29, 1.82) is 0 Å². The Morgan fingerprint density at radius 2 is 1.83 bits per heavy atom. The molecule has 0 aliphatic carbocycles. The lowest BCUT2D eigenvalue weighted by Crippen LogP contribution is -2.31. The highest BCUT2D eigenvalue weighted by atomic mass is 15.1. The summed E-state index contributed by atoms with van der Waals surface area (Å²) in [4.78, 5) is 2.35. The Morgan fingerprint density at radius 3 is 2.56 bits per heavy atom. The molecule has 96 valence electrons. The maximum absolute atomic E-state index is 5.99. The largest absolute Gasteiger partial charge is 0.329 e. The van der Waals surface area contributed by atoms with Gasteiger partial charge in [-0.1, -0.05) is 49.4 Å². The van der Waals surface area contributed by atoms with E-state index in [2.05, 4.69) is 61.3 Å². The first-order valence-electron chi connectivity index (χ1n) is 6.66. The van der Waals surface area contributed by atoms with Crippen LogP contribution in [-0.4, -0.2) is 25.0 Å². The van der Waals surface area contributed by atoms with Gasteiger partial charge in [0.15, 0.2) is 0 Å². The predicted molar refractivity (Wildman–Crippen MR) is 78.7 cm³/mol. The highest BCUT2D eigenvalue weighted by Gasteiger charge is 2.16. The Bertz CT molecular complexity index is 502.